The molecule has 0 spiro atoms. The molecule has 6 nitrogen and oxygen atoms in total. The molecule has 0 heterocycles. The Morgan fingerprint density at radius 1 is 1.00 bits per heavy atom. The Bertz CT molecular complexity index is 785. The maximum atomic E-state index is 12.5. The molecule has 0 amide bonds. The molecule has 152 valence electrons. The molecule has 0 aliphatic carbocycles. The molecule has 0 unspecified atom stereocenters. The number of rotatable bonds is 9. The van der Waals surface area contributed by atoms with Crippen molar-refractivity contribution >= 4 is 5.96 Å². The number of halogens is 2. The summed E-state index contributed by atoms with van der Waals surface area (Å²) >= 11 is 0. The van der Waals surface area contributed by atoms with E-state index in [1.165, 1.54) is 7.11 Å². The van der Waals surface area contributed by atoms with Crippen molar-refractivity contribution in [3.8, 4) is 17.2 Å². The number of nitrogens with zero attached hydrogens (tertiary/aromatic N) is 1. The van der Waals surface area contributed by atoms with Crippen LogP contribution in [0.3, 0.4) is 0 Å². The summed E-state index contributed by atoms with van der Waals surface area (Å²) in [6.07, 6.45) is 0.601. The molecular weight excluding hydrogens is 368 g/mol. The van der Waals surface area contributed by atoms with E-state index < -0.39 is 6.61 Å². The van der Waals surface area contributed by atoms with Crippen LogP contribution in [0.1, 0.15) is 11.1 Å². The van der Waals surface area contributed by atoms with Gasteiger partial charge in [-0.15, -0.1) is 0 Å². The van der Waals surface area contributed by atoms with Crippen LogP contribution in [-0.4, -0.2) is 40.4 Å². The zero-order valence-electron chi connectivity index (χ0n) is 16.2. The Hall–Kier alpha value is -3.03. The first-order valence-electron chi connectivity index (χ1n) is 8.75. The van der Waals surface area contributed by atoms with Gasteiger partial charge in [-0.2, -0.15) is 8.78 Å². The molecule has 0 aromatic heterocycles. The quantitative estimate of drug-likeness (QED) is 0.506. The van der Waals surface area contributed by atoms with Gasteiger partial charge in [-0.3, -0.25) is 4.99 Å². The Balaban J connectivity index is 1.86. The minimum Gasteiger partial charge on any atom is -0.497 e. The average Bonchev–Trinajstić information content (AvgIpc) is 2.70. The second kappa shape index (κ2) is 11.0. The molecule has 0 fully saturated rings. The van der Waals surface area contributed by atoms with E-state index in [1.807, 2.05) is 30.3 Å². The van der Waals surface area contributed by atoms with E-state index in [2.05, 4.69) is 20.4 Å². The molecule has 28 heavy (non-hydrogen) atoms. The van der Waals surface area contributed by atoms with Gasteiger partial charge in [-0.05, 0) is 41.8 Å². The van der Waals surface area contributed by atoms with E-state index in [0.717, 1.165) is 16.9 Å². The van der Waals surface area contributed by atoms with Crippen molar-refractivity contribution in [1.82, 2.24) is 10.6 Å². The molecule has 2 aromatic rings. The summed E-state index contributed by atoms with van der Waals surface area (Å²) in [4.78, 5) is 4.18. The highest BCUT2D eigenvalue weighted by Gasteiger charge is 2.11. The Labute approximate surface area is 163 Å². The van der Waals surface area contributed by atoms with Crippen LogP contribution < -0.4 is 24.8 Å². The maximum Gasteiger partial charge on any atom is 0.387 e. The second-order valence-corrected chi connectivity index (χ2v) is 5.82. The zero-order valence-corrected chi connectivity index (χ0v) is 16.2. The number of hydrogen-bond acceptors (Lipinski definition) is 4. The van der Waals surface area contributed by atoms with Gasteiger partial charge in [0.05, 0.1) is 14.2 Å². The van der Waals surface area contributed by atoms with Crippen molar-refractivity contribution in [3.63, 3.8) is 0 Å². The number of alkyl halides is 2. The van der Waals surface area contributed by atoms with Crippen LogP contribution in [-0.2, 0) is 13.0 Å². The lowest BCUT2D eigenvalue weighted by atomic mass is 10.1. The fourth-order valence-electron chi connectivity index (χ4n) is 2.58. The monoisotopic (exact) mass is 393 g/mol. The van der Waals surface area contributed by atoms with E-state index in [9.17, 15) is 8.78 Å². The first kappa shape index (κ1) is 21.3. The summed E-state index contributed by atoms with van der Waals surface area (Å²) in [6, 6.07) is 12.7. The molecule has 0 atom stereocenters. The van der Waals surface area contributed by atoms with E-state index in [4.69, 9.17) is 9.47 Å². The van der Waals surface area contributed by atoms with Crippen LogP contribution in [0.5, 0.6) is 17.2 Å². The van der Waals surface area contributed by atoms with E-state index in [-0.39, 0.29) is 11.5 Å². The third kappa shape index (κ3) is 6.61. The van der Waals surface area contributed by atoms with E-state index in [0.29, 0.717) is 25.5 Å². The summed E-state index contributed by atoms with van der Waals surface area (Å²) in [7, 11) is 4.72. The average molecular weight is 393 g/mol. The van der Waals surface area contributed by atoms with Crippen molar-refractivity contribution in [3.05, 3.63) is 53.6 Å². The Morgan fingerprint density at radius 3 is 2.50 bits per heavy atom. The van der Waals surface area contributed by atoms with Gasteiger partial charge in [0.1, 0.15) is 5.75 Å². The summed E-state index contributed by atoms with van der Waals surface area (Å²) in [5.74, 6) is 1.73. The largest absolute Gasteiger partial charge is 0.497 e. The molecular formula is C20H25F2N3O3. The van der Waals surface area contributed by atoms with E-state index in [1.54, 1.807) is 26.3 Å². The number of aliphatic imine (C=N–C) groups is 1. The molecule has 2 aromatic carbocycles. The molecule has 0 bridgehead atoms. The van der Waals surface area contributed by atoms with Gasteiger partial charge < -0.3 is 24.8 Å². The number of nitrogens with one attached hydrogen (secondary N) is 2. The topological polar surface area (TPSA) is 64.1 Å². The van der Waals surface area contributed by atoms with Crippen molar-refractivity contribution in [2.45, 2.75) is 19.6 Å². The van der Waals surface area contributed by atoms with Crippen LogP contribution in [0.15, 0.2) is 47.5 Å². The van der Waals surface area contributed by atoms with E-state index >= 15 is 0 Å². The highest BCUT2D eigenvalue weighted by molar-refractivity contribution is 5.79. The van der Waals surface area contributed by atoms with Gasteiger partial charge in [0.25, 0.3) is 0 Å². The van der Waals surface area contributed by atoms with Crippen LogP contribution in [0.25, 0.3) is 0 Å². The van der Waals surface area contributed by atoms with Gasteiger partial charge >= 0.3 is 6.61 Å². The third-order valence-corrected chi connectivity index (χ3v) is 3.97. The minimum absolute atomic E-state index is 0.0236. The third-order valence-electron chi connectivity index (χ3n) is 3.97. The van der Waals surface area contributed by atoms with Crippen LogP contribution >= 0.6 is 0 Å². The fourth-order valence-corrected chi connectivity index (χ4v) is 2.58. The predicted molar refractivity (Wildman–Crippen MR) is 105 cm³/mol. The van der Waals surface area contributed by atoms with Gasteiger partial charge in [-0.1, -0.05) is 18.2 Å². The van der Waals surface area contributed by atoms with Crippen molar-refractivity contribution < 1.29 is 23.0 Å². The Morgan fingerprint density at radius 2 is 1.82 bits per heavy atom. The number of methoxy groups -OCH3 is 2. The highest BCUT2D eigenvalue weighted by atomic mass is 19.3. The first-order valence-corrected chi connectivity index (χ1v) is 8.75. The van der Waals surface area contributed by atoms with Gasteiger partial charge in [0.2, 0.25) is 0 Å². The molecule has 0 aliphatic rings. The fraction of sp³-hybridized carbons (Fsp3) is 0.350. The molecule has 0 aliphatic heterocycles. The summed E-state index contributed by atoms with van der Waals surface area (Å²) in [6.45, 7) is -1.74. The van der Waals surface area contributed by atoms with Gasteiger partial charge in [-0.25, -0.2) is 0 Å². The molecule has 0 saturated carbocycles. The summed E-state index contributed by atoms with van der Waals surface area (Å²) in [5, 5.41) is 6.41. The lowest BCUT2D eigenvalue weighted by Crippen LogP contribution is -2.37. The molecule has 0 saturated heterocycles. The van der Waals surface area contributed by atoms with Gasteiger partial charge in [0.15, 0.2) is 17.5 Å². The first-order chi connectivity index (χ1) is 13.5. The van der Waals surface area contributed by atoms with Gasteiger partial charge in [0, 0.05) is 20.1 Å². The summed E-state index contributed by atoms with van der Waals surface area (Å²) in [5.41, 5.74) is 1.90. The smallest absolute Gasteiger partial charge is 0.387 e. The minimum atomic E-state index is -2.90. The molecule has 8 heteroatoms. The zero-order chi connectivity index (χ0) is 20.4. The molecule has 2 N–H and O–H groups in total. The van der Waals surface area contributed by atoms with Crippen LogP contribution in [0, 0.1) is 0 Å². The highest BCUT2D eigenvalue weighted by Crippen LogP contribution is 2.29. The summed E-state index contributed by atoms with van der Waals surface area (Å²) < 4.78 is 39.8. The number of hydrogen-bond donors (Lipinski definition) is 2. The normalized spacial score (nSPS) is 11.3. The van der Waals surface area contributed by atoms with Crippen molar-refractivity contribution in [2.24, 2.45) is 4.99 Å². The number of benzene rings is 2. The second-order valence-electron chi connectivity index (χ2n) is 5.82. The predicted octanol–water partition coefficient (Wildman–Crippen LogP) is 3.21. The lowest BCUT2D eigenvalue weighted by molar-refractivity contribution is -0.0512. The SMILES string of the molecule is CN=C(NCCc1ccc(OC)c(OC(F)F)c1)NCc1cccc(OC)c1. The number of ether oxygens (including phenoxy) is 3. The Kier molecular flexibility index (Phi) is 8.33. The molecule has 0 radical (unpaired) electrons. The number of guanidine groups is 1. The van der Waals surface area contributed by atoms with Crippen molar-refractivity contribution in [2.75, 3.05) is 27.8 Å². The van der Waals surface area contributed by atoms with Crippen LogP contribution in [0.2, 0.25) is 0 Å². The molecule has 2 rings (SSSR count). The lowest BCUT2D eigenvalue weighted by Gasteiger charge is -2.14. The standard InChI is InChI=1S/C20H25F2N3O3/c1-23-20(25-13-15-5-4-6-16(11-15)26-2)24-10-9-14-7-8-17(27-3)18(12-14)28-19(21)22/h4-8,11-12,19H,9-10,13H2,1-3H3,(H2,23,24,25). The van der Waals surface area contributed by atoms with Crippen LogP contribution in [0.4, 0.5) is 8.78 Å². The van der Waals surface area contributed by atoms with Crippen molar-refractivity contribution in [1.29, 1.82) is 0 Å². The maximum absolute atomic E-state index is 12.5.